The molecule has 7 heteroatoms. The molecule has 4 rings (SSSR count). The summed E-state index contributed by atoms with van der Waals surface area (Å²) in [5, 5.41) is 3.43. The molecule has 0 atom stereocenters. The SMILES string of the molecule is Cc1ccc(NC(=O)c2ccccc2N(Cc2ccc(Cl)cc2)S(=O)(=O)c2ccc(C)cc2)cc1. The number of aryl methyl sites for hydroxylation is 2. The Morgan fingerprint density at radius 3 is 2.00 bits per heavy atom. The van der Waals surface area contributed by atoms with E-state index < -0.39 is 15.9 Å². The minimum atomic E-state index is -3.99. The first-order valence-electron chi connectivity index (χ1n) is 11.0. The number of benzene rings is 4. The third-order valence-corrected chi connectivity index (χ3v) is 7.60. The third-order valence-electron chi connectivity index (χ3n) is 5.58. The van der Waals surface area contributed by atoms with Crippen LogP contribution in [0.3, 0.4) is 0 Å². The predicted molar refractivity (Wildman–Crippen MR) is 142 cm³/mol. The van der Waals surface area contributed by atoms with Crippen molar-refractivity contribution in [2.45, 2.75) is 25.3 Å². The second kappa shape index (κ2) is 10.3. The van der Waals surface area contributed by atoms with Crippen molar-refractivity contribution < 1.29 is 13.2 Å². The Labute approximate surface area is 211 Å². The highest BCUT2D eigenvalue weighted by atomic mass is 35.5. The van der Waals surface area contributed by atoms with Gasteiger partial charge in [-0.2, -0.15) is 0 Å². The van der Waals surface area contributed by atoms with E-state index in [0.717, 1.165) is 16.7 Å². The second-order valence-electron chi connectivity index (χ2n) is 8.29. The highest BCUT2D eigenvalue weighted by molar-refractivity contribution is 7.92. The van der Waals surface area contributed by atoms with E-state index >= 15 is 0 Å². The largest absolute Gasteiger partial charge is 0.322 e. The van der Waals surface area contributed by atoms with Gasteiger partial charge in [0.1, 0.15) is 0 Å². The average molecular weight is 505 g/mol. The molecule has 178 valence electrons. The van der Waals surface area contributed by atoms with Gasteiger partial charge in [-0.15, -0.1) is 0 Å². The van der Waals surface area contributed by atoms with Crippen LogP contribution in [-0.2, 0) is 16.6 Å². The van der Waals surface area contributed by atoms with Crippen molar-refractivity contribution in [1.82, 2.24) is 0 Å². The Balaban J connectivity index is 1.78. The van der Waals surface area contributed by atoms with E-state index in [1.807, 2.05) is 38.1 Å². The lowest BCUT2D eigenvalue weighted by Gasteiger charge is -2.27. The molecule has 0 spiro atoms. The fraction of sp³-hybridized carbons (Fsp3) is 0.107. The second-order valence-corrected chi connectivity index (χ2v) is 10.6. The van der Waals surface area contributed by atoms with E-state index in [2.05, 4.69) is 5.32 Å². The van der Waals surface area contributed by atoms with Crippen molar-refractivity contribution in [2.75, 3.05) is 9.62 Å². The zero-order valence-electron chi connectivity index (χ0n) is 19.4. The molecule has 0 radical (unpaired) electrons. The molecule has 0 saturated carbocycles. The first-order chi connectivity index (χ1) is 16.7. The number of halogens is 1. The zero-order valence-corrected chi connectivity index (χ0v) is 21.0. The average Bonchev–Trinajstić information content (AvgIpc) is 2.85. The summed E-state index contributed by atoms with van der Waals surface area (Å²) in [6, 6.07) is 27.8. The monoisotopic (exact) mass is 504 g/mol. The number of hydrogen-bond acceptors (Lipinski definition) is 3. The maximum Gasteiger partial charge on any atom is 0.264 e. The molecule has 1 N–H and O–H groups in total. The van der Waals surface area contributed by atoms with Gasteiger partial charge >= 0.3 is 0 Å². The molecule has 0 aromatic heterocycles. The summed E-state index contributed by atoms with van der Waals surface area (Å²) in [5.41, 5.74) is 3.91. The summed E-state index contributed by atoms with van der Waals surface area (Å²) in [7, 11) is -3.99. The van der Waals surface area contributed by atoms with Crippen LogP contribution in [0.25, 0.3) is 0 Å². The number of carbonyl (C=O) groups excluding carboxylic acids is 1. The molecular weight excluding hydrogens is 480 g/mol. The van der Waals surface area contributed by atoms with Gasteiger partial charge in [0.15, 0.2) is 0 Å². The van der Waals surface area contributed by atoms with Gasteiger partial charge in [-0.3, -0.25) is 9.10 Å². The van der Waals surface area contributed by atoms with Crippen molar-refractivity contribution in [1.29, 1.82) is 0 Å². The molecule has 0 aliphatic heterocycles. The predicted octanol–water partition coefficient (Wildman–Crippen LogP) is 6.60. The molecule has 0 heterocycles. The topological polar surface area (TPSA) is 66.5 Å². The first kappa shape index (κ1) is 24.5. The maximum absolute atomic E-state index is 13.9. The van der Waals surface area contributed by atoms with E-state index in [9.17, 15) is 13.2 Å². The van der Waals surface area contributed by atoms with Gasteiger partial charge in [0, 0.05) is 10.7 Å². The lowest BCUT2D eigenvalue weighted by molar-refractivity contribution is 0.102. The van der Waals surface area contributed by atoms with Crippen LogP contribution in [0.2, 0.25) is 5.02 Å². The first-order valence-corrected chi connectivity index (χ1v) is 12.9. The van der Waals surface area contributed by atoms with E-state index in [1.54, 1.807) is 72.8 Å². The molecule has 0 bridgehead atoms. The Morgan fingerprint density at radius 1 is 0.800 bits per heavy atom. The Hall–Kier alpha value is -3.61. The number of hydrogen-bond donors (Lipinski definition) is 1. The van der Waals surface area contributed by atoms with Crippen LogP contribution in [0.1, 0.15) is 27.0 Å². The Kier molecular flexibility index (Phi) is 7.24. The molecule has 0 aliphatic rings. The summed E-state index contributed by atoms with van der Waals surface area (Å²) in [5.74, 6) is -0.398. The summed E-state index contributed by atoms with van der Waals surface area (Å²) in [4.78, 5) is 13.4. The number of carbonyl (C=O) groups is 1. The number of nitrogens with zero attached hydrogens (tertiary/aromatic N) is 1. The Bertz CT molecular complexity index is 1430. The molecule has 5 nitrogen and oxygen atoms in total. The van der Waals surface area contributed by atoms with Gasteiger partial charge in [0.2, 0.25) is 0 Å². The van der Waals surface area contributed by atoms with E-state index in [-0.39, 0.29) is 22.7 Å². The smallest absolute Gasteiger partial charge is 0.264 e. The minimum Gasteiger partial charge on any atom is -0.322 e. The molecule has 4 aromatic rings. The number of rotatable bonds is 7. The molecular formula is C28H25ClN2O3S. The molecule has 0 saturated heterocycles. The van der Waals surface area contributed by atoms with Crippen LogP contribution in [-0.4, -0.2) is 14.3 Å². The number of sulfonamides is 1. The summed E-state index contributed by atoms with van der Waals surface area (Å²) in [6.45, 7) is 3.89. The molecule has 1 amide bonds. The van der Waals surface area contributed by atoms with Crippen LogP contribution < -0.4 is 9.62 Å². The summed E-state index contributed by atoms with van der Waals surface area (Å²) >= 11 is 6.03. The fourth-order valence-electron chi connectivity index (χ4n) is 3.61. The van der Waals surface area contributed by atoms with Gasteiger partial charge in [0.05, 0.1) is 22.7 Å². The van der Waals surface area contributed by atoms with Gasteiger partial charge in [-0.05, 0) is 67.9 Å². The van der Waals surface area contributed by atoms with Crippen LogP contribution in [0, 0.1) is 13.8 Å². The van der Waals surface area contributed by atoms with Crippen molar-refractivity contribution in [3.63, 3.8) is 0 Å². The molecule has 35 heavy (non-hydrogen) atoms. The zero-order chi connectivity index (χ0) is 25.0. The van der Waals surface area contributed by atoms with Crippen molar-refractivity contribution in [2.24, 2.45) is 0 Å². The van der Waals surface area contributed by atoms with Crippen molar-refractivity contribution >= 4 is 38.9 Å². The van der Waals surface area contributed by atoms with E-state index in [1.165, 1.54) is 4.31 Å². The van der Waals surface area contributed by atoms with Crippen LogP contribution in [0.15, 0.2) is 102 Å². The summed E-state index contributed by atoms with van der Waals surface area (Å²) in [6.07, 6.45) is 0. The standard InChI is InChI=1S/C28H25ClN2O3S/c1-20-7-15-24(16-8-20)30-28(32)26-5-3-4-6-27(26)31(19-22-11-13-23(29)14-12-22)35(33,34)25-17-9-21(2)10-18-25/h3-18H,19H2,1-2H3,(H,30,32). The molecule has 0 fully saturated rings. The van der Waals surface area contributed by atoms with Crippen LogP contribution >= 0.6 is 11.6 Å². The molecule has 0 unspecified atom stereocenters. The fourth-order valence-corrected chi connectivity index (χ4v) is 5.21. The highest BCUT2D eigenvalue weighted by Gasteiger charge is 2.28. The third kappa shape index (κ3) is 5.73. The number of anilines is 2. The van der Waals surface area contributed by atoms with Crippen molar-refractivity contribution in [3.8, 4) is 0 Å². The lowest BCUT2D eigenvalue weighted by atomic mass is 10.1. The summed E-state index contributed by atoms with van der Waals surface area (Å²) < 4.78 is 29.0. The lowest BCUT2D eigenvalue weighted by Crippen LogP contribution is -2.32. The van der Waals surface area contributed by atoms with Gasteiger partial charge in [-0.25, -0.2) is 8.42 Å². The van der Waals surface area contributed by atoms with E-state index in [0.29, 0.717) is 10.7 Å². The highest BCUT2D eigenvalue weighted by Crippen LogP contribution is 2.30. The number of amides is 1. The van der Waals surface area contributed by atoms with Gasteiger partial charge in [-0.1, -0.05) is 71.3 Å². The van der Waals surface area contributed by atoms with Gasteiger partial charge < -0.3 is 5.32 Å². The van der Waals surface area contributed by atoms with Gasteiger partial charge in [0.25, 0.3) is 15.9 Å². The van der Waals surface area contributed by atoms with Crippen LogP contribution in [0.4, 0.5) is 11.4 Å². The Morgan fingerprint density at radius 2 is 1.37 bits per heavy atom. The van der Waals surface area contributed by atoms with E-state index in [4.69, 9.17) is 11.6 Å². The number of nitrogens with one attached hydrogen (secondary N) is 1. The van der Waals surface area contributed by atoms with Crippen LogP contribution in [0.5, 0.6) is 0 Å². The van der Waals surface area contributed by atoms with Crippen molar-refractivity contribution in [3.05, 3.63) is 124 Å². The minimum absolute atomic E-state index is 0.0300. The molecule has 0 aliphatic carbocycles. The quantitative estimate of drug-likeness (QED) is 0.308. The normalized spacial score (nSPS) is 11.2. The maximum atomic E-state index is 13.9. The number of para-hydroxylation sites is 1. The molecule has 4 aromatic carbocycles.